The zero-order valence-electron chi connectivity index (χ0n) is 10.8. The van der Waals surface area contributed by atoms with Crippen LogP contribution in [0.5, 0.6) is 0 Å². The molecule has 1 aromatic heterocycles. The van der Waals surface area contributed by atoms with Gasteiger partial charge in [0, 0.05) is 30.2 Å². The second-order valence-corrected chi connectivity index (χ2v) is 4.61. The predicted molar refractivity (Wildman–Crippen MR) is 71.5 cm³/mol. The fourth-order valence-corrected chi connectivity index (χ4v) is 2.44. The highest BCUT2D eigenvalue weighted by atomic mass is 16.4. The van der Waals surface area contributed by atoms with Crippen molar-refractivity contribution >= 4 is 16.9 Å². The fourth-order valence-electron chi connectivity index (χ4n) is 2.44. The van der Waals surface area contributed by atoms with Crippen LogP contribution >= 0.6 is 0 Å². The Balaban J connectivity index is 2.55. The van der Waals surface area contributed by atoms with Crippen LogP contribution in [0.15, 0.2) is 30.5 Å². The number of nitrogens with zero attached hydrogens (tertiary/aromatic N) is 1. The molecule has 2 N–H and O–H groups in total. The Bertz CT molecular complexity index is 574. The largest absolute Gasteiger partial charge is 0.481 e. The number of fused-ring (bicyclic) bond motifs is 1. The van der Waals surface area contributed by atoms with Crippen LogP contribution in [0.25, 0.3) is 10.9 Å². The summed E-state index contributed by atoms with van der Waals surface area (Å²) < 4.78 is 2.03. The maximum absolute atomic E-state index is 11.2. The molecule has 0 saturated carbocycles. The summed E-state index contributed by atoms with van der Waals surface area (Å²) in [6.07, 6.45) is 2.01. The third kappa shape index (κ3) is 1.99. The minimum Gasteiger partial charge on any atom is -0.481 e. The highest BCUT2D eigenvalue weighted by Gasteiger charge is 2.26. The predicted octanol–water partition coefficient (Wildman–Crippen LogP) is 2.16. The minimum atomic E-state index is -0.790. The number of nitrogens with one attached hydrogen (secondary N) is 1. The van der Waals surface area contributed by atoms with Gasteiger partial charge in [-0.05, 0) is 18.7 Å². The second-order valence-electron chi connectivity index (χ2n) is 4.61. The molecular weight excluding hydrogens is 228 g/mol. The van der Waals surface area contributed by atoms with Crippen molar-refractivity contribution < 1.29 is 9.90 Å². The first kappa shape index (κ1) is 12.6. The van der Waals surface area contributed by atoms with E-state index in [1.54, 1.807) is 14.0 Å². The number of benzene rings is 1. The van der Waals surface area contributed by atoms with Gasteiger partial charge in [0.05, 0.1) is 5.92 Å². The highest BCUT2D eigenvalue weighted by molar-refractivity contribution is 5.85. The molecule has 2 atom stereocenters. The number of aliphatic carboxylic acids is 1. The molecule has 0 radical (unpaired) electrons. The molecule has 18 heavy (non-hydrogen) atoms. The number of aromatic nitrogens is 1. The summed E-state index contributed by atoms with van der Waals surface area (Å²) in [6.45, 7) is 1.73. The summed E-state index contributed by atoms with van der Waals surface area (Å²) in [6, 6.07) is 7.85. The second kappa shape index (κ2) is 4.82. The Morgan fingerprint density at radius 3 is 2.67 bits per heavy atom. The number of carboxylic acids is 1. The van der Waals surface area contributed by atoms with Crippen molar-refractivity contribution in [1.82, 2.24) is 9.88 Å². The van der Waals surface area contributed by atoms with Gasteiger partial charge in [0.15, 0.2) is 0 Å². The van der Waals surface area contributed by atoms with E-state index in [0.29, 0.717) is 0 Å². The van der Waals surface area contributed by atoms with Crippen molar-refractivity contribution in [3.05, 3.63) is 36.0 Å². The molecule has 96 valence electrons. The molecule has 0 saturated heterocycles. The average molecular weight is 246 g/mol. The lowest BCUT2D eigenvalue weighted by Crippen LogP contribution is -2.28. The lowest BCUT2D eigenvalue weighted by molar-refractivity contribution is -0.142. The third-order valence-electron chi connectivity index (χ3n) is 3.46. The normalized spacial score (nSPS) is 14.6. The van der Waals surface area contributed by atoms with Crippen molar-refractivity contribution in [2.75, 3.05) is 7.05 Å². The van der Waals surface area contributed by atoms with Crippen molar-refractivity contribution in [2.45, 2.75) is 13.0 Å². The molecule has 1 heterocycles. The molecule has 0 bridgehead atoms. The van der Waals surface area contributed by atoms with Gasteiger partial charge in [-0.15, -0.1) is 0 Å². The molecule has 4 heteroatoms. The Morgan fingerprint density at radius 2 is 2.06 bits per heavy atom. The van der Waals surface area contributed by atoms with Gasteiger partial charge in [-0.1, -0.05) is 25.1 Å². The zero-order chi connectivity index (χ0) is 13.3. The molecule has 4 nitrogen and oxygen atoms in total. The van der Waals surface area contributed by atoms with Crippen LogP contribution in [0, 0.1) is 5.92 Å². The maximum atomic E-state index is 11.2. The Kier molecular flexibility index (Phi) is 3.39. The van der Waals surface area contributed by atoms with Gasteiger partial charge in [0.2, 0.25) is 0 Å². The van der Waals surface area contributed by atoms with E-state index in [-0.39, 0.29) is 6.04 Å². The molecule has 0 aliphatic carbocycles. The summed E-state index contributed by atoms with van der Waals surface area (Å²) in [4.78, 5) is 11.2. The molecule has 0 amide bonds. The van der Waals surface area contributed by atoms with Crippen LogP contribution in [0.1, 0.15) is 18.5 Å². The first-order chi connectivity index (χ1) is 8.56. The van der Waals surface area contributed by atoms with Gasteiger partial charge in [0.1, 0.15) is 0 Å². The van der Waals surface area contributed by atoms with Crippen LogP contribution in [0.2, 0.25) is 0 Å². The Hall–Kier alpha value is -1.81. The summed E-state index contributed by atoms with van der Waals surface area (Å²) in [5.41, 5.74) is 2.15. The smallest absolute Gasteiger partial charge is 0.308 e. The number of hydrogen-bond acceptors (Lipinski definition) is 2. The van der Waals surface area contributed by atoms with Crippen LogP contribution in [-0.4, -0.2) is 22.7 Å². The van der Waals surface area contributed by atoms with E-state index in [4.69, 9.17) is 0 Å². The summed E-state index contributed by atoms with van der Waals surface area (Å²) in [5, 5.41) is 13.4. The van der Waals surface area contributed by atoms with Crippen molar-refractivity contribution in [1.29, 1.82) is 0 Å². The molecule has 0 aliphatic rings. The third-order valence-corrected chi connectivity index (χ3v) is 3.46. The van der Waals surface area contributed by atoms with E-state index < -0.39 is 11.9 Å². The van der Waals surface area contributed by atoms with E-state index in [2.05, 4.69) is 5.32 Å². The highest BCUT2D eigenvalue weighted by Crippen LogP contribution is 2.30. The van der Waals surface area contributed by atoms with E-state index in [1.807, 2.05) is 42.1 Å². The van der Waals surface area contributed by atoms with E-state index in [9.17, 15) is 9.90 Å². The number of rotatable bonds is 4. The van der Waals surface area contributed by atoms with Crippen LogP contribution in [0.3, 0.4) is 0 Å². The molecule has 1 aromatic carbocycles. The van der Waals surface area contributed by atoms with Crippen molar-refractivity contribution in [2.24, 2.45) is 13.0 Å². The molecular formula is C14H18N2O2. The van der Waals surface area contributed by atoms with Crippen LogP contribution < -0.4 is 5.32 Å². The van der Waals surface area contributed by atoms with E-state index >= 15 is 0 Å². The number of hydrogen-bond donors (Lipinski definition) is 2. The van der Waals surface area contributed by atoms with Gasteiger partial charge < -0.3 is 15.0 Å². The fraction of sp³-hybridized carbons (Fsp3) is 0.357. The van der Waals surface area contributed by atoms with Crippen molar-refractivity contribution in [3.63, 3.8) is 0 Å². The standard InChI is InChI=1S/C14H18N2O2/c1-9(14(17)18)13(15-2)11-8-16(3)12-7-5-4-6-10(11)12/h4-9,13,15H,1-3H3,(H,17,18). The van der Waals surface area contributed by atoms with Gasteiger partial charge in [-0.2, -0.15) is 0 Å². The topological polar surface area (TPSA) is 54.3 Å². The number of carboxylic acid groups (broad SMARTS) is 1. The van der Waals surface area contributed by atoms with Gasteiger partial charge in [-0.3, -0.25) is 4.79 Å². The summed E-state index contributed by atoms with van der Waals surface area (Å²) >= 11 is 0. The summed E-state index contributed by atoms with van der Waals surface area (Å²) in [5.74, 6) is -1.26. The number of carbonyl (C=O) groups is 1. The zero-order valence-corrected chi connectivity index (χ0v) is 10.8. The van der Waals surface area contributed by atoms with E-state index in [0.717, 1.165) is 16.5 Å². The molecule has 0 aliphatic heterocycles. The van der Waals surface area contributed by atoms with Gasteiger partial charge in [-0.25, -0.2) is 0 Å². The molecule has 0 spiro atoms. The quantitative estimate of drug-likeness (QED) is 0.869. The SMILES string of the molecule is CNC(c1cn(C)c2ccccc12)C(C)C(=O)O. The van der Waals surface area contributed by atoms with Crippen molar-refractivity contribution in [3.8, 4) is 0 Å². The van der Waals surface area contributed by atoms with Gasteiger partial charge in [0.25, 0.3) is 0 Å². The maximum Gasteiger partial charge on any atom is 0.308 e. The van der Waals surface area contributed by atoms with Crippen LogP contribution in [0.4, 0.5) is 0 Å². The Morgan fingerprint density at radius 1 is 1.39 bits per heavy atom. The van der Waals surface area contributed by atoms with Gasteiger partial charge >= 0.3 is 5.97 Å². The number of para-hydroxylation sites is 1. The molecule has 2 unspecified atom stereocenters. The lowest BCUT2D eigenvalue weighted by atomic mass is 9.94. The van der Waals surface area contributed by atoms with Crippen LogP contribution in [-0.2, 0) is 11.8 Å². The lowest BCUT2D eigenvalue weighted by Gasteiger charge is -2.19. The first-order valence-electron chi connectivity index (χ1n) is 6.00. The van der Waals surface area contributed by atoms with E-state index in [1.165, 1.54) is 0 Å². The molecule has 2 aromatic rings. The first-order valence-corrected chi connectivity index (χ1v) is 6.00. The summed E-state index contributed by atoms with van der Waals surface area (Å²) in [7, 11) is 3.77. The monoisotopic (exact) mass is 246 g/mol. The minimum absolute atomic E-state index is 0.186. The molecule has 0 fully saturated rings. The molecule has 2 rings (SSSR count). The number of aryl methyl sites for hydroxylation is 1. The average Bonchev–Trinajstić information content (AvgIpc) is 2.69. The Labute approximate surface area is 106 Å².